The number of amides is 1. The first-order valence-corrected chi connectivity index (χ1v) is 13.9. The van der Waals surface area contributed by atoms with Crippen molar-refractivity contribution in [2.45, 2.75) is 19.9 Å². The molecular weight excluding hydrogens is 556 g/mol. The highest BCUT2D eigenvalue weighted by Gasteiger charge is 2.47. The van der Waals surface area contributed by atoms with Crippen LogP contribution in [-0.4, -0.2) is 34.4 Å². The van der Waals surface area contributed by atoms with E-state index in [1.807, 2.05) is 24.3 Å². The molecule has 1 atom stereocenters. The highest BCUT2D eigenvalue weighted by atomic mass is 32.1. The molecule has 6 rings (SSSR count). The number of anilines is 1. The minimum atomic E-state index is -1.10. The molecular formula is C32H24N2O7S. The van der Waals surface area contributed by atoms with Crippen LogP contribution in [0.25, 0.3) is 11.0 Å². The number of ketones is 1. The van der Waals surface area contributed by atoms with E-state index in [0.29, 0.717) is 33.7 Å². The van der Waals surface area contributed by atoms with E-state index in [0.717, 1.165) is 11.3 Å². The molecule has 210 valence electrons. The summed E-state index contributed by atoms with van der Waals surface area (Å²) in [4.78, 5) is 46.1. The molecule has 3 aromatic carbocycles. The maximum Gasteiger partial charge on any atom is 0.350 e. The number of aromatic nitrogens is 1. The molecule has 1 unspecified atom stereocenters. The van der Waals surface area contributed by atoms with Gasteiger partial charge in [-0.25, -0.2) is 9.78 Å². The second kappa shape index (κ2) is 11.0. The smallest absolute Gasteiger partial charge is 0.350 e. The highest BCUT2D eigenvalue weighted by Crippen LogP contribution is 2.45. The predicted octanol–water partition coefficient (Wildman–Crippen LogP) is 6.95. The summed E-state index contributed by atoms with van der Waals surface area (Å²) < 4.78 is 17.0. The Bertz CT molecular complexity index is 1840. The summed E-state index contributed by atoms with van der Waals surface area (Å²) in [5, 5.41) is 12.0. The number of ether oxygens (including phenoxy) is 2. The van der Waals surface area contributed by atoms with Gasteiger partial charge in [0.2, 0.25) is 5.78 Å². The Morgan fingerprint density at radius 3 is 2.50 bits per heavy atom. The van der Waals surface area contributed by atoms with Gasteiger partial charge in [-0.2, -0.15) is 0 Å². The van der Waals surface area contributed by atoms with Gasteiger partial charge >= 0.3 is 5.97 Å². The lowest BCUT2D eigenvalue weighted by Gasteiger charge is -2.24. The number of thiazole rings is 1. The zero-order valence-electron chi connectivity index (χ0n) is 22.6. The normalized spacial score (nSPS) is 15.0. The molecule has 0 fully saturated rings. The number of carbonyl (C=O) groups is 3. The number of fused-ring (bicyclic) bond motifs is 1. The molecule has 2 aromatic heterocycles. The molecule has 1 aliphatic rings. The molecule has 5 aromatic rings. The molecule has 42 heavy (non-hydrogen) atoms. The zero-order valence-corrected chi connectivity index (χ0v) is 23.4. The van der Waals surface area contributed by atoms with Gasteiger partial charge in [0.1, 0.15) is 22.0 Å². The first-order valence-electron chi connectivity index (χ1n) is 13.1. The number of para-hydroxylation sites is 2. The van der Waals surface area contributed by atoms with Crippen LogP contribution in [-0.2, 0) is 9.53 Å². The number of nitrogens with zero attached hydrogens (tertiary/aromatic N) is 2. The van der Waals surface area contributed by atoms with Crippen molar-refractivity contribution >= 4 is 45.1 Å². The van der Waals surface area contributed by atoms with Gasteiger partial charge in [-0.05, 0) is 55.8 Å². The lowest BCUT2D eigenvalue weighted by atomic mass is 9.95. The molecule has 1 aliphatic heterocycles. The molecule has 0 saturated carbocycles. The van der Waals surface area contributed by atoms with Crippen LogP contribution in [0.3, 0.4) is 0 Å². The van der Waals surface area contributed by atoms with Crippen molar-refractivity contribution in [3.05, 3.63) is 118 Å². The average molecular weight is 581 g/mol. The van der Waals surface area contributed by atoms with Crippen LogP contribution in [0.15, 0.2) is 101 Å². The van der Waals surface area contributed by atoms with Crippen LogP contribution in [0.5, 0.6) is 11.5 Å². The van der Waals surface area contributed by atoms with E-state index in [1.165, 1.54) is 4.90 Å². The molecule has 0 bridgehead atoms. The highest BCUT2D eigenvalue weighted by molar-refractivity contribution is 7.17. The number of furan rings is 1. The Morgan fingerprint density at radius 2 is 1.74 bits per heavy atom. The van der Waals surface area contributed by atoms with Crippen LogP contribution >= 0.6 is 11.3 Å². The van der Waals surface area contributed by atoms with Crippen LogP contribution in [0.2, 0.25) is 0 Å². The predicted molar refractivity (Wildman–Crippen MR) is 156 cm³/mol. The van der Waals surface area contributed by atoms with Gasteiger partial charge in [0.25, 0.3) is 5.91 Å². The largest absolute Gasteiger partial charge is 0.503 e. The van der Waals surface area contributed by atoms with Crippen molar-refractivity contribution in [1.29, 1.82) is 0 Å². The molecule has 0 saturated heterocycles. The summed E-state index contributed by atoms with van der Waals surface area (Å²) in [5.41, 5.74) is 1.15. The second-order valence-electron chi connectivity index (χ2n) is 9.44. The van der Waals surface area contributed by atoms with Gasteiger partial charge in [-0.15, -0.1) is 0 Å². The van der Waals surface area contributed by atoms with Gasteiger partial charge < -0.3 is 19.0 Å². The number of hydrogen-bond donors (Lipinski definition) is 1. The minimum absolute atomic E-state index is 0.0309. The van der Waals surface area contributed by atoms with E-state index in [4.69, 9.17) is 13.9 Å². The van der Waals surface area contributed by atoms with E-state index in [-0.39, 0.29) is 27.9 Å². The maximum absolute atomic E-state index is 14.0. The van der Waals surface area contributed by atoms with Gasteiger partial charge in [0, 0.05) is 5.39 Å². The number of hydrogen-bond acceptors (Lipinski definition) is 9. The Morgan fingerprint density at radius 1 is 1.00 bits per heavy atom. The molecule has 1 amide bonds. The standard InChI is InChI=1S/C32H24N2O7S/c1-3-39-31(38)29-18(2)33-32(42-29)34-26(20-11-9-14-22(16-20)40-21-12-5-4-6-13-21)25(28(36)30(34)37)27(35)24-17-19-10-7-8-15-23(19)41-24/h4-17,26,36H,3H2,1-2H3. The van der Waals surface area contributed by atoms with Gasteiger partial charge in [-0.1, -0.05) is 59.9 Å². The Hall–Kier alpha value is -5.22. The molecule has 0 spiro atoms. The van der Waals surface area contributed by atoms with E-state index in [1.54, 1.807) is 74.5 Å². The van der Waals surface area contributed by atoms with Crippen molar-refractivity contribution in [2.75, 3.05) is 11.5 Å². The van der Waals surface area contributed by atoms with Crippen molar-refractivity contribution in [3.63, 3.8) is 0 Å². The molecule has 0 radical (unpaired) electrons. The number of aryl methyl sites for hydroxylation is 1. The average Bonchev–Trinajstić information content (AvgIpc) is 3.67. The fourth-order valence-corrected chi connectivity index (χ4v) is 5.81. The first-order chi connectivity index (χ1) is 20.4. The summed E-state index contributed by atoms with van der Waals surface area (Å²) in [6.07, 6.45) is 0. The number of benzene rings is 3. The Kier molecular flexibility index (Phi) is 7.05. The lowest BCUT2D eigenvalue weighted by Crippen LogP contribution is -2.31. The topological polar surface area (TPSA) is 119 Å². The number of Topliss-reactive ketones (excluding diaryl/α,β-unsaturated/α-hetero) is 1. The Balaban J connectivity index is 1.47. The van der Waals surface area contributed by atoms with Gasteiger partial charge in [0.05, 0.1) is 23.9 Å². The van der Waals surface area contributed by atoms with E-state index in [9.17, 15) is 19.5 Å². The number of esters is 1. The third-order valence-corrected chi connectivity index (χ3v) is 7.84. The van der Waals surface area contributed by atoms with Crippen molar-refractivity contribution in [3.8, 4) is 11.5 Å². The third kappa shape index (κ3) is 4.82. The summed E-state index contributed by atoms with van der Waals surface area (Å²) >= 11 is 0.945. The monoisotopic (exact) mass is 580 g/mol. The first kappa shape index (κ1) is 27.0. The van der Waals surface area contributed by atoms with Crippen LogP contribution in [0, 0.1) is 6.92 Å². The number of carbonyl (C=O) groups excluding carboxylic acids is 3. The van der Waals surface area contributed by atoms with Crippen LogP contribution in [0.1, 0.15) is 44.4 Å². The molecule has 10 heteroatoms. The quantitative estimate of drug-likeness (QED) is 0.155. The second-order valence-corrected chi connectivity index (χ2v) is 10.4. The number of aliphatic hydroxyl groups is 1. The third-order valence-electron chi connectivity index (χ3n) is 6.71. The summed E-state index contributed by atoms with van der Waals surface area (Å²) in [7, 11) is 0. The van der Waals surface area contributed by atoms with Gasteiger partial charge in [-0.3, -0.25) is 14.5 Å². The fourth-order valence-electron chi connectivity index (χ4n) is 4.82. The summed E-state index contributed by atoms with van der Waals surface area (Å²) in [6, 6.07) is 23.6. The van der Waals surface area contributed by atoms with Crippen molar-refractivity contribution in [2.24, 2.45) is 0 Å². The Labute approximate surface area is 244 Å². The molecule has 3 heterocycles. The summed E-state index contributed by atoms with van der Waals surface area (Å²) in [5.74, 6) is -1.77. The van der Waals surface area contributed by atoms with Crippen LogP contribution < -0.4 is 9.64 Å². The maximum atomic E-state index is 14.0. The zero-order chi connectivity index (χ0) is 29.4. The van der Waals surface area contributed by atoms with Crippen LogP contribution in [0.4, 0.5) is 5.13 Å². The van der Waals surface area contributed by atoms with Crippen molar-refractivity contribution < 1.29 is 33.4 Å². The minimum Gasteiger partial charge on any atom is -0.503 e. The van der Waals surface area contributed by atoms with E-state index < -0.39 is 29.5 Å². The lowest BCUT2D eigenvalue weighted by molar-refractivity contribution is -0.117. The molecule has 9 nitrogen and oxygen atoms in total. The molecule has 1 N–H and O–H groups in total. The van der Waals surface area contributed by atoms with Gasteiger partial charge in [0.15, 0.2) is 16.7 Å². The SMILES string of the molecule is CCOC(=O)c1sc(N2C(=O)C(O)=C(C(=O)c3cc4ccccc4o3)C2c2cccc(Oc3ccccc3)c2)nc1C. The van der Waals surface area contributed by atoms with E-state index in [2.05, 4.69) is 4.98 Å². The van der Waals surface area contributed by atoms with Crippen molar-refractivity contribution in [1.82, 2.24) is 4.98 Å². The van der Waals surface area contributed by atoms with E-state index >= 15 is 0 Å². The number of aliphatic hydroxyl groups excluding tert-OH is 1. The summed E-state index contributed by atoms with van der Waals surface area (Å²) in [6.45, 7) is 3.49. The fraction of sp³-hybridized carbons (Fsp3) is 0.125. The number of rotatable bonds is 8. The molecule has 0 aliphatic carbocycles.